The zero-order chi connectivity index (χ0) is 11.8. The lowest BCUT2D eigenvalue weighted by molar-refractivity contribution is 0.182. The maximum absolute atomic E-state index is 13.4. The molecule has 3 nitrogen and oxygen atoms in total. The van der Waals surface area contributed by atoms with E-state index in [1.165, 1.54) is 19.2 Å². The molecule has 0 aromatic heterocycles. The van der Waals surface area contributed by atoms with Gasteiger partial charge in [0.1, 0.15) is 11.6 Å². The first-order chi connectivity index (χ1) is 7.60. The van der Waals surface area contributed by atoms with E-state index in [0.29, 0.717) is 12.4 Å². The number of hydrogen-bond donors (Lipinski definition) is 1. The molecule has 0 aliphatic heterocycles. The van der Waals surface area contributed by atoms with Gasteiger partial charge in [-0.3, -0.25) is 0 Å². The van der Waals surface area contributed by atoms with Gasteiger partial charge in [-0.1, -0.05) is 0 Å². The fourth-order valence-electron chi connectivity index (χ4n) is 2.02. The summed E-state index contributed by atoms with van der Waals surface area (Å²) in [6, 6.07) is 2.84. The van der Waals surface area contributed by atoms with Gasteiger partial charge in [-0.2, -0.15) is 0 Å². The van der Waals surface area contributed by atoms with Gasteiger partial charge in [-0.15, -0.1) is 0 Å². The molecule has 1 fully saturated rings. The van der Waals surface area contributed by atoms with E-state index in [9.17, 15) is 4.39 Å². The Hall–Kier alpha value is -1.13. The van der Waals surface area contributed by atoms with Crippen molar-refractivity contribution in [2.45, 2.75) is 25.0 Å². The highest BCUT2D eigenvalue weighted by atomic mass is 19.1. The molecule has 0 saturated heterocycles. The van der Waals surface area contributed by atoms with Gasteiger partial charge in [0.2, 0.25) is 0 Å². The lowest BCUT2D eigenvalue weighted by Crippen LogP contribution is -2.22. The first-order valence-corrected chi connectivity index (χ1v) is 5.25. The van der Waals surface area contributed by atoms with E-state index in [4.69, 9.17) is 15.2 Å². The molecular weight excluding hydrogens is 209 g/mol. The fraction of sp³-hybridized carbons (Fsp3) is 0.500. The van der Waals surface area contributed by atoms with E-state index in [2.05, 4.69) is 0 Å². The van der Waals surface area contributed by atoms with E-state index < -0.39 is 0 Å². The van der Waals surface area contributed by atoms with Crippen molar-refractivity contribution in [1.29, 1.82) is 0 Å². The summed E-state index contributed by atoms with van der Waals surface area (Å²) in [5.41, 5.74) is 7.48. The average Bonchev–Trinajstić information content (AvgIpc) is 2.96. The van der Waals surface area contributed by atoms with Gasteiger partial charge in [0, 0.05) is 24.3 Å². The zero-order valence-corrected chi connectivity index (χ0v) is 9.55. The maximum Gasteiger partial charge on any atom is 0.127 e. The Balaban J connectivity index is 2.52. The van der Waals surface area contributed by atoms with Crippen LogP contribution in [0.1, 0.15) is 24.0 Å². The molecule has 0 amide bonds. The third kappa shape index (κ3) is 1.90. The maximum atomic E-state index is 13.4. The van der Waals surface area contributed by atoms with Crippen LogP contribution < -0.4 is 10.5 Å². The van der Waals surface area contributed by atoms with Gasteiger partial charge in [0.25, 0.3) is 0 Å². The minimum absolute atomic E-state index is 0.322. The molecule has 2 N–H and O–H groups in total. The number of hydrogen-bond acceptors (Lipinski definition) is 3. The first kappa shape index (κ1) is 11.4. The highest BCUT2D eigenvalue weighted by Gasteiger charge is 2.44. The van der Waals surface area contributed by atoms with Crippen LogP contribution in [-0.4, -0.2) is 14.2 Å². The molecule has 0 radical (unpaired) electrons. The van der Waals surface area contributed by atoms with Crippen molar-refractivity contribution >= 4 is 0 Å². The highest BCUT2D eigenvalue weighted by molar-refractivity contribution is 5.48. The molecule has 0 spiro atoms. The Morgan fingerprint density at radius 3 is 2.56 bits per heavy atom. The molecule has 1 aliphatic carbocycles. The van der Waals surface area contributed by atoms with Crippen molar-refractivity contribution in [1.82, 2.24) is 0 Å². The molecule has 0 atom stereocenters. The Morgan fingerprint density at radius 2 is 2.06 bits per heavy atom. The fourth-order valence-corrected chi connectivity index (χ4v) is 2.02. The number of methoxy groups -OCH3 is 2. The molecule has 1 aliphatic rings. The van der Waals surface area contributed by atoms with Gasteiger partial charge in [0.15, 0.2) is 0 Å². The van der Waals surface area contributed by atoms with Crippen LogP contribution in [0.4, 0.5) is 4.39 Å². The lowest BCUT2D eigenvalue weighted by Gasteiger charge is -2.18. The molecule has 1 aromatic rings. The molecule has 0 unspecified atom stereocenters. The standard InChI is InChI=1S/C12H16FNO2/c1-15-7-8-5-9(13)6-10(16-2)11(8)12(14)3-4-12/h5-6H,3-4,7,14H2,1-2H3. The monoisotopic (exact) mass is 225 g/mol. The van der Waals surface area contributed by atoms with E-state index in [1.807, 2.05) is 0 Å². The van der Waals surface area contributed by atoms with Crippen LogP contribution in [0.5, 0.6) is 5.75 Å². The van der Waals surface area contributed by atoms with E-state index in [1.54, 1.807) is 7.11 Å². The summed E-state index contributed by atoms with van der Waals surface area (Å²) >= 11 is 0. The summed E-state index contributed by atoms with van der Waals surface area (Å²) in [5.74, 6) is 0.198. The summed E-state index contributed by atoms with van der Waals surface area (Å²) in [5, 5.41) is 0. The van der Waals surface area contributed by atoms with E-state index in [0.717, 1.165) is 24.0 Å². The van der Waals surface area contributed by atoms with Crippen LogP contribution in [0, 0.1) is 5.82 Å². The van der Waals surface area contributed by atoms with Gasteiger partial charge in [-0.05, 0) is 24.5 Å². The average molecular weight is 225 g/mol. The highest BCUT2D eigenvalue weighted by Crippen LogP contribution is 2.48. The van der Waals surface area contributed by atoms with Gasteiger partial charge >= 0.3 is 0 Å². The molecule has 0 heterocycles. The quantitative estimate of drug-likeness (QED) is 0.851. The second-order valence-corrected chi connectivity index (χ2v) is 4.23. The van der Waals surface area contributed by atoms with E-state index in [-0.39, 0.29) is 11.4 Å². The minimum Gasteiger partial charge on any atom is -0.496 e. The van der Waals surface area contributed by atoms with Crippen LogP contribution in [0.15, 0.2) is 12.1 Å². The zero-order valence-electron chi connectivity index (χ0n) is 9.55. The first-order valence-electron chi connectivity index (χ1n) is 5.25. The summed E-state index contributed by atoms with van der Waals surface area (Å²) in [6.07, 6.45) is 1.82. The van der Waals surface area contributed by atoms with Gasteiger partial charge in [0.05, 0.1) is 13.7 Å². The Labute approximate surface area is 94.3 Å². The molecular formula is C12H16FNO2. The Morgan fingerprint density at radius 1 is 1.38 bits per heavy atom. The van der Waals surface area contributed by atoms with E-state index >= 15 is 0 Å². The lowest BCUT2D eigenvalue weighted by atomic mass is 9.98. The summed E-state index contributed by atoms with van der Waals surface area (Å²) in [7, 11) is 3.11. The van der Waals surface area contributed by atoms with Crippen molar-refractivity contribution in [2.75, 3.05) is 14.2 Å². The van der Waals surface area contributed by atoms with Crippen molar-refractivity contribution in [3.8, 4) is 5.75 Å². The SMILES string of the molecule is COCc1cc(F)cc(OC)c1C1(N)CC1. The second-order valence-electron chi connectivity index (χ2n) is 4.23. The second kappa shape index (κ2) is 4.03. The van der Waals surface area contributed by atoms with Crippen LogP contribution in [0.25, 0.3) is 0 Å². The normalized spacial score (nSPS) is 17.2. The number of ether oxygens (including phenoxy) is 2. The Bertz CT molecular complexity index is 402. The Kier molecular flexibility index (Phi) is 2.86. The third-order valence-electron chi connectivity index (χ3n) is 2.95. The largest absolute Gasteiger partial charge is 0.496 e. The number of nitrogens with two attached hydrogens (primary N) is 1. The topological polar surface area (TPSA) is 44.5 Å². The minimum atomic E-state index is -0.354. The third-order valence-corrected chi connectivity index (χ3v) is 2.95. The molecule has 1 saturated carbocycles. The predicted molar refractivity (Wildman–Crippen MR) is 58.8 cm³/mol. The molecule has 1 aromatic carbocycles. The molecule has 4 heteroatoms. The predicted octanol–water partition coefficient (Wildman–Crippen LogP) is 1.93. The number of rotatable bonds is 4. The number of halogens is 1. The van der Waals surface area contributed by atoms with Crippen molar-refractivity contribution in [3.05, 3.63) is 29.1 Å². The molecule has 16 heavy (non-hydrogen) atoms. The molecule has 88 valence electrons. The van der Waals surface area contributed by atoms with Crippen molar-refractivity contribution < 1.29 is 13.9 Å². The molecule has 2 rings (SSSR count). The number of benzene rings is 1. The van der Waals surface area contributed by atoms with Crippen molar-refractivity contribution in [2.24, 2.45) is 5.73 Å². The van der Waals surface area contributed by atoms with Crippen LogP contribution >= 0.6 is 0 Å². The van der Waals surface area contributed by atoms with Crippen molar-refractivity contribution in [3.63, 3.8) is 0 Å². The van der Waals surface area contributed by atoms with Gasteiger partial charge < -0.3 is 15.2 Å². The van der Waals surface area contributed by atoms with Crippen LogP contribution in [-0.2, 0) is 16.9 Å². The van der Waals surface area contributed by atoms with Crippen LogP contribution in [0.2, 0.25) is 0 Å². The van der Waals surface area contributed by atoms with Crippen LogP contribution in [0.3, 0.4) is 0 Å². The van der Waals surface area contributed by atoms with Gasteiger partial charge in [-0.25, -0.2) is 4.39 Å². The smallest absolute Gasteiger partial charge is 0.127 e. The summed E-state index contributed by atoms with van der Waals surface area (Å²) in [4.78, 5) is 0. The molecule has 0 bridgehead atoms. The summed E-state index contributed by atoms with van der Waals surface area (Å²) in [6.45, 7) is 0.350. The summed E-state index contributed by atoms with van der Waals surface area (Å²) < 4.78 is 23.6.